The summed E-state index contributed by atoms with van der Waals surface area (Å²) in [4.78, 5) is 27.5. The molecule has 4 aromatic rings. The summed E-state index contributed by atoms with van der Waals surface area (Å²) in [5.74, 6) is -1.98. The zero-order valence-electron chi connectivity index (χ0n) is 23.4. The van der Waals surface area contributed by atoms with Gasteiger partial charge in [0, 0.05) is 42.7 Å². The van der Waals surface area contributed by atoms with Crippen LogP contribution in [0.15, 0.2) is 54.9 Å². The molecule has 1 saturated heterocycles. The normalized spacial score (nSPS) is 22.4. The number of aryl methyl sites for hydroxylation is 1. The van der Waals surface area contributed by atoms with Crippen molar-refractivity contribution in [1.82, 2.24) is 29.7 Å². The van der Waals surface area contributed by atoms with Gasteiger partial charge in [-0.2, -0.15) is 5.10 Å². The molecule has 4 atom stereocenters. The molecule has 0 unspecified atom stereocenters. The monoisotopic (exact) mass is 556 g/mol. The molecule has 0 bridgehead atoms. The highest BCUT2D eigenvalue weighted by Crippen LogP contribution is 2.49. The number of aromatic nitrogens is 5. The predicted molar refractivity (Wildman–Crippen MR) is 151 cm³/mol. The minimum absolute atomic E-state index is 0.0279. The van der Waals surface area contributed by atoms with Crippen molar-refractivity contribution in [3.63, 3.8) is 0 Å². The Kier molecular flexibility index (Phi) is 6.93. The second kappa shape index (κ2) is 10.6. The number of carbonyl (C=O) groups is 2. The lowest BCUT2D eigenvalue weighted by Gasteiger charge is -2.39. The minimum atomic E-state index is -1.05. The zero-order chi connectivity index (χ0) is 28.8. The molecule has 212 valence electrons. The van der Waals surface area contributed by atoms with Gasteiger partial charge in [0.05, 0.1) is 28.8 Å². The second-order valence-corrected chi connectivity index (χ2v) is 11.3. The van der Waals surface area contributed by atoms with Crippen molar-refractivity contribution in [2.75, 3.05) is 0 Å². The lowest BCUT2D eigenvalue weighted by atomic mass is 9.69. The number of carboxylic acids is 1. The quantitative estimate of drug-likeness (QED) is 0.333. The van der Waals surface area contributed by atoms with Crippen LogP contribution in [-0.4, -0.2) is 58.7 Å². The number of aromatic carboxylic acids is 1. The third-order valence-electron chi connectivity index (χ3n) is 8.72. The van der Waals surface area contributed by atoms with E-state index in [0.29, 0.717) is 22.5 Å². The summed E-state index contributed by atoms with van der Waals surface area (Å²) in [6, 6.07) is 12.2. The summed E-state index contributed by atoms with van der Waals surface area (Å²) in [5.41, 5.74) is 3.11. The number of benzene rings is 2. The van der Waals surface area contributed by atoms with E-state index in [1.807, 2.05) is 26.1 Å². The maximum absolute atomic E-state index is 16.0. The van der Waals surface area contributed by atoms with Gasteiger partial charge in [-0.15, -0.1) is 5.10 Å². The van der Waals surface area contributed by atoms with E-state index in [-0.39, 0.29) is 41.0 Å². The van der Waals surface area contributed by atoms with Crippen molar-refractivity contribution in [1.29, 1.82) is 0 Å². The molecular weight excluding hydrogens is 523 g/mol. The first kappa shape index (κ1) is 26.9. The minimum Gasteiger partial charge on any atom is -0.478 e. The molecule has 3 heterocycles. The number of hydrogen-bond donors (Lipinski definition) is 1. The van der Waals surface area contributed by atoms with Crippen LogP contribution in [0.3, 0.4) is 0 Å². The smallest absolute Gasteiger partial charge is 0.339 e. The number of piperidine rings is 1. The number of carboxylic acid groups (broad SMARTS) is 1. The van der Waals surface area contributed by atoms with E-state index in [1.54, 1.807) is 57.7 Å². The first-order chi connectivity index (χ1) is 19.7. The molecule has 1 aliphatic heterocycles. The van der Waals surface area contributed by atoms with Gasteiger partial charge in [-0.25, -0.2) is 13.9 Å². The third-order valence-corrected chi connectivity index (χ3v) is 8.72. The molecule has 1 aliphatic carbocycles. The van der Waals surface area contributed by atoms with Gasteiger partial charge in [0.1, 0.15) is 11.4 Å². The van der Waals surface area contributed by atoms with Gasteiger partial charge in [0.25, 0.3) is 5.91 Å². The lowest BCUT2D eigenvalue weighted by Crippen LogP contribution is -2.47. The highest BCUT2D eigenvalue weighted by atomic mass is 19.1. The molecule has 9 nitrogen and oxygen atoms in total. The van der Waals surface area contributed by atoms with Gasteiger partial charge in [-0.3, -0.25) is 9.48 Å². The van der Waals surface area contributed by atoms with Gasteiger partial charge in [0.15, 0.2) is 0 Å². The average Bonchev–Trinajstić information content (AvgIpc) is 3.54. The Morgan fingerprint density at radius 2 is 1.71 bits per heavy atom. The van der Waals surface area contributed by atoms with E-state index in [9.17, 15) is 14.7 Å². The number of carbonyl (C=O) groups excluding carboxylic acids is 1. The summed E-state index contributed by atoms with van der Waals surface area (Å²) >= 11 is 0. The van der Waals surface area contributed by atoms with Crippen molar-refractivity contribution in [3.05, 3.63) is 83.2 Å². The first-order valence-electron chi connectivity index (χ1n) is 14.1. The average molecular weight is 557 g/mol. The molecule has 41 heavy (non-hydrogen) atoms. The van der Waals surface area contributed by atoms with E-state index < -0.39 is 11.8 Å². The van der Waals surface area contributed by atoms with Gasteiger partial charge in [-0.05, 0) is 69.7 Å². The van der Waals surface area contributed by atoms with Gasteiger partial charge >= 0.3 is 5.97 Å². The third kappa shape index (κ3) is 4.71. The molecule has 10 heteroatoms. The molecule has 1 N–H and O–H groups in total. The molecule has 1 saturated carbocycles. The van der Waals surface area contributed by atoms with Crippen LogP contribution in [-0.2, 0) is 7.05 Å². The summed E-state index contributed by atoms with van der Waals surface area (Å²) in [5, 5.41) is 22.8. The molecule has 2 aliphatic rings. The number of rotatable bonds is 6. The molecule has 2 fully saturated rings. The Balaban J connectivity index is 1.37. The first-order valence-corrected chi connectivity index (χ1v) is 14.1. The van der Waals surface area contributed by atoms with Crippen LogP contribution in [0.1, 0.15) is 89.9 Å². The molecule has 2 aromatic heterocycles. The van der Waals surface area contributed by atoms with E-state index in [4.69, 9.17) is 0 Å². The Labute approximate surface area is 237 Å². The standard InChI is InChI=1S/C31H33FN6O3/c1-18-7-4-8-19(2)37(18)30(39)25-12-6-11-22(28(25)32)20-9-5-10-21(15-20)38-29(26(16-33-38)31(40)41)24-14-13-23(24)27-17-36(3)35-34-27/h5-6,9-12,15-19,23-24H,4,7-8,13-14H2,1-3H3,(H,40,41)/t18-,19+,23-,24-/m0/s1. The number of halogens is 1. The topological polar surface area (TPSA) is 106 Å². The fourth-order valence-electron chi connectivity index (χ4n) is 6.49. The van der Waals surface area contributed by atoms with Gasteiger partial charge in [0.2, 0.25) is 0 Å². The van der Waals surface area contributed by atoms with Crippen molar-refractivity contribution in [3.8, 4) is 16.8 Å². The highest BCUT2D eigenvalue weighted by Gasteiger charge is 2.40. The largest absolute Gasteiger partial charge is 0.478 e. The maximum Gasteiger partial charge on any atom is 0.339 e. The Morgan fingerprint density at radius 1 is 0.976 bits per heavy atom. The fraction of sp³-hybridized carbons (Fsp3) is 0.387. The predicted octanol–water partition coefficient (Wildman–Crippen LogP) is 5.57. The van der Waals surface area contributed by atoms with Crippen LogP contribution in [0.2, 0.25) is 0 Å². The number of hydrogen-bond acceptors (Lipinski definition) is 5. The van der Waals surface area contributed by atoms with E-state index >= 15 is 4.39 Å². The molecule has 1 amide bonds. The number of likely N-dealkylation sites (tertiary alicyclic amines) is 1. The van der Waals surface area contributed by atoms with Gasteiger partial charge in [-0.1, -0.05) is 29.5 Å². The lowest BCUT2D eigenvalue weighted by molar-refractivity contribution is 0.0505. The van der Waals surface area contributed by atoms with Crippen LogP contribution in [0.4, 0.5) is 4.39 Å². The second-order valence-electron chi connectivity index (χ2n) is 11.3. The summed E-state index contributed by atoms with van der Waals surface area (Å²) in [7, 11) is 1.80. The molecular formula is C31H33FN6O3. The number of amides is 1. The highest BCUT2D eigenvalue weighted by molar-refractivity contribution is 5.96. The Bertz CT molecular complexity index is 1620. The van der Waals surface area contributed by atoms with Crippen LogP contribution in [0.25, 0.3) is 16.8 Å². The van der Waals surface area contributed by atoms with Crippen LogP contribution in [0.5, 0.6) is 0 Å². The zero-order valence-corrected chi connectivity index (χ0v) is 23.4. The van der Waals surface area contributed by atoms with Gasteiger partial charge < -0.3 is 10.0 Å². The maximum atomic E-state index is 16.0. The van der Waals surface area contributed by atoms with Crippen molar-refractivity contribution in [2.24, 2.45) is 7.05 Å². The number of nitrogens with zero attached hydrogens (tertiary/aromatic N) is 6. The van der Waals surface area contributed by atoms with Crippen LogP contribution in [0, 0.1) is 5.82 Å². The molecule has 0 spiro atoms. The van der Waals surface area contributed by atoms with Crippen LogP contribution >= 0.6 is 0 Å². The summed E-state index contributed by atoms with van der Waals surface area (Å²) in [6.07, 6.45) is 7.76. The Hall–Kier alpha value is -4.34. The fourth-order valence-corrected chi connectivity index (χ4v) is 6.49. The van der Waals surface area contributed by atoms with E-state index in [2.05, 4.69) is 15.4 Å². The van der Waals surface area contributed by atoms with Crippen molar-refractivity contribution >= 4 is 11.9 Å². The Morgan fingerprint density at radius 3 is 2.37 bits per heavy atom. The van der Waals surface area contributed by atoms with Crippen molar-refractivity contribution in [2.45, 2.75) is 69.9 Å². The molecule has 6 rings (SSSR count). The summed E-state index contributed by atoms with van der Waals surface area (Å²) < 4.78 is 19.3. The summed E-state index contributed by atoms with van der Waals surface area (Å²) in [6.45, 7) is 4.03. The molecule has 0 radical (unpaired) electrons. The van der Waals surface area contributed by atoms with E-state index in [1.165, 1.54) is 6.20 Å². The van der Waals surface area contributed by atoms with E-state index in [0.717, 1.165) is 37.8 Å². The molecule has 2 aromatic carbocycles. The van der Waals surface area contributed by atoms with Crippen molar-refractivity contribution < 1.29 is 19.1 Å². The SMILES string of the molecule is C[C@@H]1CCC[C@H](C)N1C(=O)c1cccc(-c2cccc(-n3ncc(C(=O)O)c3[C@H]3CC[C@@H]3c3cn(C)nn3)c2)c1F. The van der Waals surface area contributed by atoms with Crippen LogP contribution < -0.4 is 0 Å².